The van der Waals surface area contributed by atoms with Gasteiger partial charge in [0.1, 0.15) is 11.9 Å². The Morgan fingerprint density at radius 1 is 0.977 bits per heavy atom. The average molecular weight is 614 g/mol. The highest BCUT2D eigenvalue weighted by Crippen LogP contribution is 2.40. The van der Waals surface area contributed by atoms with Gasteiger partial charge in [0.05, 0.1) is 17.0 Å². The number of nitrogens with zero attached hydrogens (tertiary/aromatic N) is 1. The number of benzene rings is 2. The van der Waals surface area contributed by atoms with Crippen molar-refractivity contribution in [2.45, 2.75) is 116 Å². The van der Waals surface area contributed by atoms with Gasteiger partial charge >= 0.3 is 18.3 Å². The summed E-state index contributed by atoms with van der Waals surface area (Å²) in [6, 6.07) is 7.29. The highest BCUT2D eigenvalue weighted by atomic mass is 19.4. The third kappa shape index (κ3) is 8.89. The van der Waals surface area contributed by atoms with Crippen molar-refractivity contribution in [1.29, 1.82) is 0 Å². The van der Waals surface area contributed by atoms with E-state index in [0.717, 1.165) is 42.6 Å². The number of fused-ring (bicyclic) bond motifs is 1. The van der Waals surface area contributed by atoms with Crippen LogP contribution in [0.4, 0.5) is 26.3 Å². The molecule has 1 saturated heterocycles. The van der Waals surface area contributed by atoms with Crippen LogP contribution in [0.25, 0.3) is 0 Å². The Kier molecular flexibility index (Phi) is 10.4. The molecule has 2 aromatic carbocycles. The van der Waals surface area contributed by atoms with Crippen LogP contribution in [-0.4, -0.2) is 34.2 Å². The molecule has 0 radical (unpaired) electrons. The lowest BCUT2D eigenvalue weighted by Crippen LogP contribution is -2.38. The lowest BCUT2D eigenvalue weighted by atomic mass is 9.88. The van der Waals surface area contributed by atoms with Gasteiger partial charge < -0.3 is 9.84 Å². The summed E-state index contributed by atoms with van der Waals surface area (Å²) >= 11 is 0. The zero-order valence-electron chi connectivity index (χ0n) is 24.9. The summed E-state index contributed by atoms with van der Waals surface area (Å²) in [4.78, 5) is 13.2. The van der Waals surface area contributed by atoms with Gasteiger partial charge in [0.25, 0.3) is 0 Å². The molecule has 4 nitrogen and oxygen atoms in total. The maximum atomic E-state index is 13.7. The lowest BCUT2D eigenvalue weighted by Gasteiger charge is -2.35. The van der Waals surface area contributed by atoms with Crippen LogP contribution >= 0.6 is 0 Å². The van der Waals surface area contributed by atoms with E-state index < -0.39 is 35.4 Å². The minimum Gasteiger partial charge on any atom is -0.490 e. The van der Waals surface area contributed by atoms with Gasteiger partial charge in [0, 0.05) is 18.6 Å². The van der Waals surface area contributed by atoms with E-state index in [2.05, 4.69) is 0 Å². The van der Waals surface area contributed by atoms with Gasteiger partial charge in [-0.15, -0.1) is 0 Å². The first-order valence-corrected chi connectivity index (χ1v) is 15.2. The minimum absolute atomic E-state index is 0.0520. The van der Waals surface area contributed by atoms with E-state index in [-0.39, 0.29) is 36.2 Å². The summed E-state index contributed by atoms with van der Waals surface area (Å²) in [7, 11) is 0. The number of ether oxygens (including phenoxy) is 1. The molecule has 2 fully saturated rings. The highest BCUT2D eigenvalue weighted by molar-refractivity contribution is 5.70. The molecular formula is C33H41F6NO3. The fourth-order valence-corrected chi connectivity index (χ4v) is 6.02. The summed E-state index contributed by atoms with van der Waals surface area (Å²) in [5.74, 6) is -0.612. The third-order valence-corrected chi connectivity index (χ3v) is 8.75. The number of rotatable bonds is 8. The van der Waals surface area contributed by atoms with Crippen molar-refractivity contribution in [2.75, 3.05) is 0 Å². The molecule has 5 unspecified atom stereocenters. The Bertz CT molecular complexity index is 1260. The van der Waals surface area contributed by atoms with Crippen molar-refractivity contribution in [3.05, 3.63) is 64.2 Å². The molecule has 5 rings (SSSR count). The molecule has 5 atom stereocenters. The number of halogens is 6. The molecule has 10 heteroatoms. The van der Waals surface area contributed by atoms with E-state index in [9.17, 15) is 36.2 Å². The van der Waals surface area contributed by atoms with Crippen LogP contribution in [0.2, 0.25) is 0 Å². The predicted molar refractivity (Wildman–Crippen MR) is 152 cm³/mol. The van der Waals surface area contributed by atoms with Crippen molar-refractivity contribution in [2.24, 2.45) is 11.8 Å². The number of carboxylic acid groups (broad SMARTS) is 1. The molecule has 0 bridgehead atoms. The standard InChI is InChI=1S/C30H35F6NO3.C3H6/c1-17(26-11-7-21-6-5-20(14-27(21)40-26)12-18(2)28(38)39)13-24-9-4-19(3)37(24)16-22-15-23(29(31,32)33)8-10-25(22)30(34,35)36;1-2-3-1/h5-6,8,10,14-15,17-19,24,26H,4,7,9,11-13,16H2,1-3H3,(H,38,39);1-3H2. The number of aryl methyl sites for hydroxylation is 1. The first-order valence-electron chi connectivity index (χ1n) is 15.2. The maximum Gasteiger partial charge on any atom is 0.416 e. The number of alkyl halides is 6. The Labute approximate surface area is 249 Å². The van der Waals surface area contributed by atoms with E-state index in [1.807, 2.05) is 36.9 Å². The second kappa shape index (κ2) is 13.5. The van der Waals surface area contributed by atoms with Crippen molar-refractivity contribution < 1.29 is 41.0 Å². The number of carbonyl (C=O) groups is 1. The van der Waals surface area contributed by atoms with Crippen LogP contribution in [0.15, 0.2) is 36.4 Å². The summed E-state index contributed by atoms with van der Waals surface area (Å²) in [6.07, 6.45) is -1.03. The zero-order valence-corrected chi connectivity index (χ0v) is 24.9. The first-order chi connectivity index (χ1) is 20.1. The second-order valence-electron chi connectivity index (χ2n) is 12.5. The van der Waals surface area contributed by atoms with Gasteiger partial charge in [-0.05, 0) is 92.3 Å². The fraction of sp³-hybridized carbons (Fsp3) is 0.606. The van der Waals surface area contributed by atoms with Crippen molar-refractivity contribution in [3.8, 4) is 5.75 Å². The molecule has 238 valence electrons. The fourth-order valence-electron chi connectivity index (χ4n) is 6.02. The Morgan fingerprint density at radius 3 is 2.28 bits per heavy atom. The molecule has 2 heterocycles. The summed E-state index contributed by atoms with van der Waals surface area (Å²) in [5, 5.41) is 9.23. The van der Waals surface area contributed by atoms with Gasteiger partial charge in [-0.25, -0.2) is 0 Å². The van der Waals surface area contributed by atoms with Crippen LogP contribution in [-0.2, 0) is 36.5 Å². The Balaban J connectivity index is 0.00000133. The highest BCUT2D eigenvalue weighted by Gasteiger charge is 2.40. The maximum absolute atomic E-state index is 13.7. The van der Waals surface area contributed by atoms with Gasteiger partial charge in [0.15, 0.2) is 0 Å². The SMILES string of the molecule is C1CC1.CC(Cc1ccc2c(c1)OC(C(C)CC1CCC(C)N1Cc1cc(C(F)(F)F)ccc1C(F)(F)F)CC2)C(=O)O. The predicted octanol–water partition coefficient (Wildman–Crippen LogP) is 8.93. The second-order valence-corrected chi connectivity index (χ2v) is 12.5. The number of hydrogen-bond acceptors (Lipinski definition) is 3. The monoisotopic (exact) mass is 613 g/mol. The molecule has 43 heavy (non-hydrogen) atoms. The largest absolute Gasteiger partial charge is 0.490 e. The smallest absolute Gasteiger partial charge is 0.416 e. The van der Waals surface area contributed by atoms with E-state index in [1.165, 1.54) is 19.3 Å². The minimum atomic E-state index is -4.75. The summed E-state index contributed by atoms with van der Waals surface area (Å²) in [6.45, 7) is 5.38. The average Bonchev–Trinajstić information content (AvgIpc) is 3.78. The molecule has 1 saturated carbocycles. The number of carboxylic acids is 1. The molecule has 3 aliphatic rings. The van der Waals surface area contributed by atoms with Gasteiger partial charge in [0.2, 0.25) is 0 Å². The Hall–Kier alpha value is -2.75. The van der Waals surface area contributed by atoms with Gasteiger partial charge in [-0.2, -0.15) is 26.3 Å². The van der Waals surface area contributed by atoms with Crippen LogP contribution in [0.3, 0.4) is 0 Å². The van der Waals surface area contributed by atoms with Crippen LogP contribution in [0.1, 0.15) is 93.5 Å². The number of hydrogen-bond donors (Lipinski definition) is 1. The lowest BCUT2D eigenvalue weighted by molar-refractivity contribution is -0.142. The molecule has 0 aromatic heterocycles. The number of aliphatic carboxylic acids is 1. The van der Waals surface area contributed by atoms with Crippen molar-refractivity contribution in [3.63, 3.8) is 0 Å². The molecule has 1 N–H and O–H groups in total. The van der Waals surface area contributed by atoms with E-state index in [4.69, 9.17) is 4.74 Å². The molecule has 1 aliphatic carbocycles. The third-order valence-electron chi connectivity index (χ3n) is 8.75. The first kappa shape index (κ1) is 33.1. The van der Waals surface area contributed by atoms with E-state index in [1.54, 1.807) is 6.92 Å². The zero-order chi connectivity index (χ0) is 31.5. The van der Waals surface area contributed by atoms with E-state index >= 15 is 0 Å². The molecule has 2 aliphatic heterocycles. The van der Waals surface area contributed by atoms with Crippen molar-refractivity contribution in [1.82, 2.24) is 4.90 Å². The quantitative estimate of drug-likeness (QED) is 0.302. The van der Waals surface area contributed by atoms with Crippen molar-refractivity contribution >= 4 is 5.97 Å². The number of likely N-dealkylation sites (tertiary alicyclic amines) is 1. The van der Waals surface area contributed by atoms with Crippen LogP contribution in [0.5, 0.6) is 5.75 Å². The molecule has 0 spiro atoms. The molecular weight excluding hydrogens is 572 g/mol. The van der Waals surface area contributed by atoms with E-state index in [0.29, 0.717) is 31.0 Å². The van der Waals surface area contributed by atoms with Gasteiger partial charge in [-0.3, -0.25) is 9.69 Å². The Morgan fingerprint density at radius 2 is 1.67 bits per heavy atom. The summed E-state index contributed by atoms with van der Waals surface area (Å²) < 4.78 is 87.5. The van der Waals surface area contributed by atoms with Gasteiger partial charge in [-0.1, -0.05) is 45.2 Å². The topological polar surface area (TPSA) is 49.8 Å². The summed E-state index contributed by atoms with van der Waals surface area (Å²) in [5.41, 5.74) is -0.556. The normalized spacial score (nSPS) is 23.4. The molecule has 0 amide bonds. The van der Waals surface area contributed by atoms with Crippen LogP contribution < -0.4 is 4.74 Å². The van der Waals surface area contributed by atoms with Crippen LogP contribution in [0, 0.1) is 11.8 Å². The molecule has 2 aromatic rings.